The van der Waals surface area contributed by atoms with E-state index in [0.717, 1.165) is 29.9 Å². The van der Waals surface area contributed by atoms with Crippen molar-refractivity contribution >= 4 is 0 Å². The van der Waals surface area contributed by atoms with Gasteiger partial charge < -0.3 is 5.32 Å². The van der Waals surface area contributed by atoms with Crippen LogP contribution in [0.1, 0.15) is 34.9 Å². The first-order valence-corrected chi connectivity index (χ1v) is 9.39. The molecule has 0 amide bonds. The van der Waals surface area contributed by atoms with E-state index in [-0.39, 0.29) is 5.82 Å². The molecule has 2 atom stereocenters. The summed E-state index contributed by atoms with van der Waals surface area (Å²) in [5, 5.41) is 8.34. The quantitative estimate of drug-likeness (QED) is 0.660. The van der Waals surface area contributed by atoms with Gasteiger partial charge in [0.05, 0.1) is 11.4 Å². The first kappa shape index (κ1) is 17.7. The lowest BCUT2D eigenvalue weighted by atomic mass is 9.96. The van der Waals surface area contributed by atoms with Crippen molar-refractivity contribution in [3.8, 4) is 5.69 Å². The average Bonchev–Trinajstić information content (AvgIpc) is 3.26. The molecule has 0 unspecified atom stereocenters. The second-order valence-corrected chi connectivity index (χ2v) is 7.17. The van der Waals surface area contributed by atoms with Gasteiger partial charge in [0, 0.05) is 29.8 Å². The van der Waals surface area contributed by atoms with E-state index in [1.165, 1.54) is 23.4 Å². The van der Waals surface area contributed by atoms with E-state index in [2.05, 4.69) is 43.4 Å². The molecule has 138 valence electrons. The van der Waals surface area contributed by atoms with Crippen molar-refractivity contribution in [2.45, 2.75) is 38.8 Å². The fraction of sp³-hybridized carbons (Fsp3) is 0.261. The normalized spacial score (nSPS) is 18.9. The van der Waals surface area contributed by atoms with E-state index < -0.39 is 0 Å². The van der Waals surface area contributed by atoms with Gasteiger partial charge in [-0.05, 0) is 50.1 Å². The zero-order chi connectivity index (χ0) is 18.8. The number of rotatable bonds is 5. The Bertz CT molecular complexity index is 942. The van der Waals surface area contributed by atoms with Crippen molar-refractivity contribution < 1.29 is 4.39 Å². The first-order valence-electron chi connectivity index (χ1n) is 9.39. The monoisotopic (exact) mass is 361 g/mol. The fourth-order valence-electron chi connectivity index (χ4n) is 3.93. The molecule has 0 aliphatic heterocycles. The molecule has 1 heterocycles. The molecule has 4 rings (SSSR count). The topological polar surface area (TPSA) is 29.9 Å². The van der Waals surface area contributed by atoms with Crippen LogP contribution in [0.2, 0.25) is 0 Å². The van der Waals surface area contributed by atoms with Gasteiger partial charge in [0.15, 0.2) is 0 Å². The molecule has 0 bridgehead atoms. The van der Waals surface area contributed by atoms with Gasteiger partial charge in [-0.1, -0.05) is 42.5 Å². The van der Waals surface area contributed by atoms with Gasteiger partial charge in [0.2, 0.25) is 0 Å². The molecule has 0 fully saturated rings. The standard InChI is InChI=1S/C23H24FN3/c1-16-23(17(2)27(26-16)22-6-4-3-5-7-22)19-10-13-21(14-19)25-15-18-8-11-20(24)12-9-18/h3-13,19,21,25H,14-15H2,1-2H3/t19-,21-/m1/s1. The molecule has 1 N–H and O–H groups in total. The molecule has 0 radical (unpaired) electrons. The summed E-state index contributed by atoms with van der Waals surface area (Å²) in [6.45, 7) is 4.98. The number of allylic oxidation sites excluding steroid dienone is 1. The van der Waals surface area contributed by atoms with Gasteiger partial charge in [0.25, 0.3) is 0 Å². The Morgan fingerprint density at radius 1 is 1.04 bits per heavy atom. The summed E-state index contributed by atoms with van der Waals surface area (Å²) in [5.74, 6) is 0.175. The highest BCUT2D eigenvalue weighted by Crippen LogP contribution is 2.34. The van der Waals surface area contributed by atoms with E-state index in [4.69, 9.17) is 5.10 Å². The smallest absolute Gasteiger partial charge is 0.123 e. The zero-order valence-corrected chi connectivity index (χ0v) is 15.7. The molecule has 0 spiro atoms. The third-order valence-electron chi connectivity index (χ3n) is 5.28. The van der Waals surface area contributed by atoms with E-state index in [1.807, 2.05) is 35.0 Å². The number of aryl methyl sites for hydroxylation is 1. The Morgan fingerprint density at radius 3 is 2.52 bits per heavy atom. The SMILES string of the molecule is Cc1nn(-c2ccccc2)c(C)c1[C@@H]1C=C[C@@H](NCc2ccc(F)cc2)C1. The Labute approximate surface area is 159 Å². The van der Waals surface area contributed by atoms with Crippen LogP contribution in [0.25, 0.3) is 5.69 Å². The Morgan fingerprint density at radius 2 is 1.78 bits per heavy atom. The average molecular weight is 361 g/mol. The van der Waals surface area contributed by atoms with Gasteiger partial charge in [-0.2, -0.15) is 5.10 Å². The molecular weight excluding hydrogens is 337 g/mol. The molecule has 2 aromatic carbocycles. The fourth-order valence-corrected chi connectivity index (χ4v) is 3.93. The van der Waals surface area contributed by atoms with Crippen molar-refractivity contribution in [1.82, 2.24) is 15.1 Å². The number of hydrogen-bond donors (Lipinski definition) is 1. The third kappa shape index (κ3) is 3.71. The van der Waals surface area contributed by atoms with Crippen molar-refractivity contribution in [3.05, 3.63) is 95.1 Å². The lowest BCUT2D eigenvalue weighted by Gasteiger charge is -2.15. The van der Waals surface area contributed by atoms with Crippen LogP contribution in [0, 0.1) is 19.7 Å². The molecule has 1 aliphatic rings. The zero-order valence-electron chi connectivity index (χ0n) is 15.7. The highest BCUT2D eigenvalue weighted by atomic mass is 19.1. The number of benzene rings is 2. The molecule has 1 aromatic heterocycles. The lowest BCUT2D eigenvalue weighted by molar-refractivity contribution is 0.558. The van der Waals surface area contributed by atoms with Crippen LogP contribution in [-0.2, 0) is 6.54 Å². The number of nitrogens with zero attached hydrogens (tertiary/aromatic N) is 2. The summed E-state index contributed by atoms with van der Waals surface area (Å²) in [6, 6.07) is 17.3. The van der Waals surface area contributed by atoms with Crippen molar-refractivity contribution in [2.75, 3.05) is 0 Å². The predicted molar refractivity (Wildman–Crippen MR) is 107 cm³/mol. The summed E-state index contributed by atoms with van der Waals surface area (Å²) in [6.07, 6.45) is 5.55. The number of para-hydroxylation sites is 1. The third-order valence-corrected chi connectivity index (χ3v) is 5.28. The summed E-state index contributed by atoms with van der Waals surface area (Å²) in [4.78, 5) is 0. The van der Waals surface area contributed by atoms with Crippen molar-refractivity contribution in [3.63, 3.8) is 0 Å². The number of nitrogens with one attached hydrogen (secondary N) is 1. The number of aromatic nitrogens is 2. The maximum atomic E-state index is 13.0. The number of halogens is 1. The predicted octanol–water partition coefficient (Wildman–Crippen LogP) is 4.83. The van der Waals surface area contributed by atoms with Gasteiger partial charge in [-0.15, -0.1) is 0 Å². The van der Waals surface area contributed by atoms with Gasteiger partial charge in [0.1, 0.15) is 5.82 Å². The molecule has 27 heavy (non-hydrogen) atoms. The Kier molecular flexibility index (Phi) is 4.90. The lowest BCUT2D eigenvalue weighted by Crippen LogP contribution is -2.25. The van der Waals surface area contributed by atoms with Gasteiger partial charge in [-0.3, -0.25) is 0 Å². The van der Waals surface area contributed by atoms with E-state index in [9.17, 15) is 4.39 Å². The second kappa shape index (κ2) is 7.49. The van der Waals surface area contributed by atoms with Gasteiger partial charge in [-0.25, -0.2) is 9.07 Å². The minimum absolute atomic E-state index is 0.194. The first-order chi connectivity index (χ1) is 13.1. The van der Waals surface area contributed by atoms with Crippen LogP contribution in [0.3, 0.4) is 0 Å². The molecule has 1 aliphatic carbocycles. The van der Waals surface area contributed by atoms with Crippen LogP contribution in [0.15, 0.2) is 66.7 Å². The van der Waals surface area contributed by atoms with E-state index >= 15 is 0 Å². The minimum atomic E-state index is -0.194. The summed E-state index contributed by atoms with van der Waals surface area (Å²) >= 11 is 0. The van der Waals surface area contributed by atoms with Crippen LogP contribution in [0.5, 0.6) is 0 Å². The maximum absolute atomic E-state index is 13.0. The minimum Gasteiger partial charge on any atom is -0.306 e. The highest BCUT2D eigenvalue weighted by molar-refractivity contribution is 5.41. The molecule has 0 saturated heterocycles. The van der Waals surface area contributed by atoms with Gasteiger partial charge >= 0.3 is 0 Å². The number of hydrogen-bond acceptors (Lipinski definition) is 2. The molecule has 3 nitrogen and oxygen atoms in total. The Balaban J connectivity index is 1.45. The van der Waals surface area contributed by atoms with Crippen LogP contribution in [-0.4, -0.2) is 15.8 Å². The molecular formula is C23H24FN3. The largest absolute Gasteiger partial charge is 0.306 e. The van der Waals surface area contributed by atoms with Crippen LogP contribution < -0.4 is 5.32 Å². The molecule has 4 heteroatoms. The molecule has 3 aromatic rings. The van der Waals surface area contributed by atoms with Crippen molar-refractivity contribution in [2.24, 2.45) is 0 Å². The second-order valence-electron chi connectivity index (χ2n) is 7.17. The molecule has 0 saturated carbocycles. The van der Waals surface area contributed by atoms with E-state index in [1.54, 1.807) is 0 Å². The summed E-state index contributed by atoms with van der Waals surface area (Å²) < 4.78 is 15.1. The van der Waals surface area contributed by atoms with E-state index in [0.29, 0.717) is 12.0 Å². The highest BCUT2D eigenvalue weighted by Gasteiger charge is 2.25. The van der Waals surface area contributed by atoms with Crippen LogP contribution >= 0.6 is 0 Å². The summed E-state index contributed by atoms with van der Waals surface area (Å²) in [5.41, 5.74) is 5.80. The summed E-state index contributed by atoms with van der Waals surface area (Å²) in [7, 11) is 0. The Hall–Kier alpha value is -2.72. The van der Waals surface area contributed by atoms with Crippen LogP contribution in [0.4, 0.5) is 4.39 Å². The van der Waals surface area contributed by atoms with Crippen molar-refractivity contribution in [1.29, 1.82) is 0 Å². The maximum Gasteiger partial charge on any atom is 0.123 e.